The van der Waals surface area contributed by atoms with Gasteiger partial charge in [-0.3, -0.25) is 15.5 Å². The van der Waals surface area contributed by atoms with Gasteiger partial charge >= 0.3 is 28.4 Å². The van der Waals surface area contributed by atoms with E-state index in [4.69, 9.17) is 29.4 Å². The summed E-state index contributed by atoms with van der Waals surface area (Å²) in [5.41, 5.74) is 17.2. The van der Waals surface area contributed by atoms with Crippen LogP contribution >= 0.6 is 0 Å². The summed E-state index contributed by atoms with van der Waals surface area (Å²) < 4.78 is 10.1. The Morgan fingerprint density at radius 2 is 1.27 bits per heavy atom. The maximum absolute atomic E-state index is 12.5. The molecule has 0 spiro atoms. The summed E-state index contributed by atoms with van der Waals surface area (Å²) in [5, 5.41) is 11.1. The fraction of sp³-hybridized carbons (Fsp3) is 0.288. The Labute approximate surface area is 374 Å². The molecule has 8 bridgehead atoms. The number of allylic oxidation sites excluding steroid dienone is 11. The van der Waals surface area contributed by atoms with E-state index in [2.05, 4.69) is 57.8 Å². The summed E-state index contributed by atoms with van der Waals surface area (Å²) in [6, 6.07) is 20.3. The van der Waals surface area contributed by atoms with Crippen LogP contribution in [0.1, 0.15) is 106 Å². The minimum atomic E-state index is -0.341. The van der Waals surface area contributed by atoms with Gasteiger partial charge in [0.15, 0.2) is 0 Å². The first kappa shape index (κ1) is 45.3. The summed E-state index contributed by atoms with van der Waals surface area (Å²) in [6.45, 7) is 12.5. The zero-order valence-electron chi connectivity index (χ0n) is 36.6. The molecule has 62 heavy (non-hydrogen) atoms. The van der Waals surface area contributed by atoms with Gasteiger partial charge < -0.3 is 19.9 Å². The van der Waals surface area contributed by atoms with E-state index in [-0.39, 0.29) is 47.2 Å². The number of methoxy groups -OCH3 is 2. The molecule has 0 aliphatic carbocycles. The predicted octanol–water partition coefficient (Wildman–Crippen LogP) is 10.6. The monoisotopic (exact) mass is 867 g/mol. The van der Waals surface area contributed by atoms with Crippen LogP contribution in [0.4, 0.5) is 0 Å². The van der Waals surface area contributed by atoms with Crippen molar-refractivity contribution in [2.24, 2.45) is 15.0 Å². The van der Waals surface area contributed by atoms with Crippen LogP contribution in [0.5, 0.6) is 0 Å². The number of aromatic nitrogens is 1. The summed E-state index contributed by atoms with van der Waals surface area (Å²) in [6.07, 6.45) is 10.7. The zero-order chi connectivity index (χ0) is 43.4. The minimum Gasteiger partial charge on any atom is -0.763 e. The number of esters is 2. The second kappa shape index (κ2) is 19.7. The first-order valence-corrected chi connectivity index (χ1v) is 20.9. The van der Waals surface area contributed by atoms with E-state index >= 15 is 0 Å². The number of nitrogens with zero attached hydrogens (tertiary/aromatic N) is 5. The van der Waals surface area contributed by atoms with Crippen molar-refractivity contribution in [1.82, 2.24) is 4.98 Å². The van der Waals surface area contributed by atoms with Gasteiger partial charge in [-0.1, -0.05) is 91.7 Å². The molecular weight excluding hydrogens is 817 g/mol. The molecule has 1 aromatic heterocycles. The van der Waals surface area contributed by atoms with E-state index in [9.17, 15) is 15.0 Å². The molecule has 0 amide bonds. The topological polar surface area (TPSA) is 126 Å². The third-order valence-corrected chi connectivity index (χ3v) is 12.1. The number of fused-ring (bicyclic) bond motifs is 5. The molecule has 7 rings (SSSR count). The van der Waals surface area contributed by atoms with E-state index in [0.717, 1.165) is 95.5 Å². The van der Waals surface area contributed by atoms with Gasteiger partial charge in [-0.05, 0) is 127 Å². The Bertz CT molecular complexity index is 2650. The standard InChI is InChI=1S/C52H51N5O4.Ni/c1-9-37-33(6)51-41(25-36(29-53)50(34-17-13-11-14-18-34)35-19-15-12-16-20-35)52-38(10-2)30(3)44(56-52)26-42-31(4)39(21-23-48(58)60-7)46(54-42)28-47-40(22-24-49(59)61-8)32(5)43(55-47)27-45(37)57-51;/h11-20,25-28,50H,9-10,21-24H2,1-8H3;/q-2;+2/b41-25+;. The number of hydrogen-bond donors (Lipinski definition) is 0. The molecule has 0 radical (unpaired) electrons. The maximum Gasteiger partial charge on any atom is 2.00 e. The van der Waals surface area contributed by atoms with Crippen LogP contribution in [0.2, 0.25) is 0 Å². The van der Waals surface area contributed by atoms with E-state index in [0.29, 0.717) is 42.7 Å². The minimum absolute atomic E-state index is 0. The van der Waals surface area contributed by atoms with Crippen molar-refractivity contribution in [3.63, 3.8) is 0 Å². The van der Waals surface area contributed by atoms with Gasteiger partial charge in [0.1, 0.15) is 0 Å². The van der Waals surface area contributed by atoms with Crippen molar-refractivity contribution in [3.8, 4) is 0 Å². The fourth-order valence-electron chi connectivity index (χ4n) is 8.72. The average molecular weight is 869 g/mol. The second-order valence-corrected chi connectivity index (χ2v) is 15.5. The second-order valence-electron chi connectivity index (χ2n) is 15.5. The van der Waals surface area contributed by atoms with E-state index in [1.54, 1.807) is 0 Å². The third-order valence-electron chi connectivity index (χ3n) is 12.1. The van der Waals surface area contributed by atoms with Crippen molar-refractivity contribution < 1.29 is 35.6 Å². The van der Waals surface area contributed by atoms with Crippen LogP contribution in [0.15, 0.2) is 150 Å². The van der Waals surface area contributed by atoms with Crippen LogP contribution in [0.3, 0.4) is 0 Å². The molecule has 0 saturated heterocycles. The number of carbonyl (C=O) groups is 2. The average Bonchev–Trinajstić information content (AvgIpc) is 3.96. The quantitative estimate of drug-likeness (QED) is 0.102. The summed E-state index contributed by atoms with van der Waals surface area (Å²) in [7, 11) is 2.79. The van der Waals surface area contributed by atoms with Crippen LogP contribution in [0.25, 0.3) is 17.1 Å². The third kappa shape index (κ3) is 8.90. The Kier molecular flexibility index (Phi) is 14.4. The molecule has 0 fully saturated rings. The molecule has 0 unspecified atom stereocenters. The van der Waals surface area contributed by atoms with Crippen molar-refractivity contribution in [2.45, 2.75) is 86.0 Å². The maximum atomic E-state index is 12.5. The molecule has 0 saturated carbocycles. The first-order chi connectivity index (χ1) is 29.5. The molecule has 0 N–H and O–H groups in total. The smallest absolute Gasteiger partial charge is 0.763 e. The van der Waals surface area contributed by atoms with Gasteiger partial charge in [0.25, 0.3) is 0 Å². The molecule has 10 heteroatoms. The van der Waals surface area contributed by atoms with Gasteiger partial charge in [-0.25, -0.2) is 15.0 Å². The molecule has 9 nitrogen and oxygen atoms in total. The van der Waals surface area contributed by atoms with Gasteiger partial charge in [-0.2, -0.15) is 0 Å². The van der Waals surface area contributed by atoms with Crippen molar-refractivity contribution in [2.75, 3.05) is 14.2 Å². The molecular formula is C52H51N5NiO4. The van der Waals surface area contributed by atoms with Crippen LogP contribution in [-0.4, -0.2) is 49.2 Å². The van der Waals surface area contributed by atoms with Crippen LogP contribution < -0.4 is 4.98 Å². The summed E-state index contributed by atoms with van der Waals surface area (Å²) in [4.78, 5) is 46.2. The molecule has 0 atom stereocenters. The fourth-order valence-corrected chi connectivity index (χ4v) is 8.72. The largest absolute Gasteiger partial charge is 2.00 e. The Morgan fingerprint density at radius 3 is 1.84 bits per heavy atom. The Balaban J connectivity index is 0.00000641. The normalized spacial score (nSPS) is 16.4. The van der Waals surface area contributed by atoms with E-state index in [1.807, 2.05) is 74.5 Å². The number of ether oxygens (including phenoxy) is 2. The Hall–Kier alpha value is -6.21. The molecule has 5 heterocycles. The number of benzene rings is 2. The van der Waals surface area contributed by atoms with E-state index < -0.39 is 0 Å². The van der Waals surface area contributed by atoms with E-state index in [1.165, 1.54) is 14.2 Å². The van der Waals surface area contributed by atoms with Gasteiger partial charge in [0.2, 0.25) is 0 Å². The first-order valence-electron chi connectivity index (χ1n) is 20.9. The van der Waals surface area contributed by atoms with Gasteiger partial charge in [0, 0.05) is 18.8 Å². The number of hydrogen-bond acceptors (Lipinski definition) is 7. The zero-order valence-corrected chi connectivity index (χ0v) is 37.6. The predicted molar refractivity (Wildman–Crippen MR) is 246 cm³/mol. The van der Waals surface area contributed by atoms with Gasteiger partial charge in [-0.15, -0.1) is 11.4 Å². The van der Waals surface area contributed by atoms with Crippen LogP contribution in [0, 0.1) is 6.92 Å². The molecule has 318 valence electrons. The SMILES string of the molecule is CCC1=C(C)C2=NC1=CC1=NC(=CC3=NC(=Cc4[n-]c(c(CC)c4C)/C2=C/C(=C=[N-])C(c2ccccc2)c2ccccc2)C(C)=C3CCC(=O)OC)C(CCC(=O)OC)=C1C.[Ni+2]. The van der Waals surface area contributed by atoms with Crippen molar-refractivity contribution in [1.29, 1.82) is 0 Å². The Morgan fingerprint density at radius 1 is 0.710 bits per heavy atom. The molecule has 4 aliphatic rings. The summed E-state index contributed by atoms with van der Waals surface area (Å²) in [5.74, 6) is 1.67. The molecule has 3 aromatic rings. The number of aliphatic imine (C=N–C) groups is 3. The molecule has 2 aromatic carbocycles. The van der Waals surface area contributed by atoms with Gasteiger partial charge in [0.05, 0.1) is 48.4 Å². The molecule has 4 aliphatic heterocycles. The van der Waals surface area contributed by atoms with Crippen molar-refractivity contribution >= 4 is 46.6 Å². The number of rotatable bonds is 12. The van der Waals surface area contributed by atoms with Crippen LogP contribution in [-0.2, 0) is 42.0 Å². The van der Waals surface area contributed by atoms with Crippen molar-refractivity contribution in [3.05, 3.63) is 174 Å². The number of carbonyl (C=O) groups excluding carboxylic acids is 2. The summed E-state index contributed by atoms with van der Waals surface area (Å²) >= 11 is 0.